The van der Waals surface area contributed by atoms with Gasteiger partial charge in [-0.25, -0.2) is 0 Å². The largest absolute Gasteiger partial charge is 0.507 e. The zero-order chi connectivity index (χ0) is 23.1. The number of carbonyl (C=O) groups is 1. The van der Waals surface area contributed by atoms with Crippen molar-refractivity contribution >= 4 is 16.9 Å². The van der Waals surface area contributed by atoms with Crippen LogP contribution in [0.25, 0.3) is 22.1 Å². The summed E-state index contributed by atoms with van der Waals surface area (Å²) in [6.45, 7) is 0. The molecule has 33 heavy (non-hydrogen) atoms. The Morgan fingerprint density at radius 3 is 2.45 bits per heavy atom. The summed E-state index contributed by atoms with van der Waals surface area (Å²) in [5.41, 5.74) is 2.07. The number of methoxy groups -OCH3 is 2. The highest BCUT2D eigenvalue weighted by atomic mass is 16.5. The molecule has 7 heteroatoms. The van der Waals surface area contributed by atoms with E-state index in [1.165, 1.54) is 12.3 Å². The molecule has 1 aliphatic heterocycles. The minimum Gasteiger partial charge on any atom is -0.507 e. The third-order valence-electron chi connectivity index (χ3n) is 5.87. The second-order valence-corrected chi connectivity index (χ2v) is 7.73. The molecule has 1 aromatic heterocycles. The predicted molar refractivity (Wildman–Crippen MR) is 121 cm³/mol. The van der Waals surface area contributed by atoms with Gasteiger partial charge in [0, 0.05) is 17.5 Å². The van der Waals surface area contributed by atoms with E-state index in [9.17, 15) is 14.7 Å². The molecule has 5 rings (SSSR count). The van der Waals surface area contributed by atoms with Gasteiger partial charge in [0.2, 0.25) is 5.43 Å². The second-order valence-electron chi connectivity index (χ2n) is 7.73. The number of benzene rings is 3. The quantitative estimate of drug-likeness (QED) is 0.362. The molecule has 0 aliphatic carbocycles. The van der Waals surface area contributed by atoms with Crippen LogP contribution in [0.4, 0.5) is 0 Å². The van der Waals surface area contributed by atoms with E-state index >= 15 is 0 Å². The van der Waals surface area contributed by atoms with Gasteiger partial charge < -0.3 is 23.7 Å². The molecule has 2 heterocycles. The van der Waals surface area contributed by atoms with Crippen LogP contribution < -0.4 is 19.6 Å². The van der Waals surface area contributed by atoms with Gasteiger partial charge in [0.05, 0.1) is 26.2 Å². The summed E-state index contributed by atoms with van der Waals surface area (Å²) in [5, 5.41) is 10.7. The first kappa shape index (κ1) is 20.6. The van der Waals surface area contributed by atoms with Gasteiger partial charge in [0.25, 0.3) is 0 Å². The van der Waals surface area contributed by atoms with Crippen LogP contribution >= 0.6 is 0 Å². The normalized spacial score (nSPS) is 15.1. The smallest absolute Gasteiger partial charge is 0.312 e. The van der Waals surface area contributed by atoms with Crippen molar-refractivity contribution in [1.82, 2.24) is 0 Å². The van der Waals surface area contributed by atoms with Gasteiger partial charge in [0.1, 0.15) is 40.2 Å². The maximum atomic E-state index is 13.4. The Morgan fingerprint density at radius 1 is 0.970 bits per heavy atom. The third kappa shape index (κ3) is 3.47. The number of hydrogen-bond acceptors (Lipinski definition) is 7. The first-order valence-corrected chi connectivity index (χ1v) is 10.3. The molecule has 3 aromatic carbocycles. The van der Waals surface area contributed by atoms with Gasteiger partial charge in [-0.15, -0.1) is 0 Å². The summed E-state index contributed by atoms with van der Waals surface area (Å²) in [7, 11) is 3.13. The molecule has 0 amide bonds. The minimum atomic E-state index is -0.439. The monoisotopic (exact) mass is 444 g/mol. The molecule has 0 spiro atoms. The van der Waals surface area contributed by atoms with Crippen LogP contribution in [0.2, 0.25) is 0 Å². The number of ether oxygens (including phenoxy) is 3. The first-order valence-electron chi connectivity index (χ1n) is 10.3. The fourth-order valence-corrected chi connectivity index (χ4v) is 4.24. The van der Waals surface area contributed by atoms with Crippen molar-refractivity contribution in [1.29, 1.82) is 0 Å². The lowest BCUT2D eigenvalue weighted by atomic mass is 9.85. The average Bonchev–Trinajstić information content (AvgIpc) is 2.83. The molecule has 0 radical (unpaired) electrons. The molecule has 1 N–H and O–H groups in total. The third-order valence-corrected chi connectivity index (χ3v) is 5.87. The fraction of sp³-hybridized carbons (Fsp3) is 0.154. The SMILES string of the molecule is COc1ccc(-c2coc3c4c(cc(O)c3c2=O)OC(=O)C[C@@H]4c2cccc(OC)c2)cc1. The summed E-state index contributed by atoms with van der Waals surface area (Å²) < 4.78 is 21.8. The zero-order valence-electron chi connectivity index (χ0n) is 18.0. The van der Waals surface area contributed by atoms with Crippen molar-refractivity contribution in [2.24, 2.45) is 0 Å². The van der Waals surface area contributed by atoms with Crippen LogP contribution in [0.5, 0.6) is 23.0 Å². The van der Waals surface area contributed by atoms with Crippen LogP contribution in [0.1, 0.15) is 23.5 Å². The molecule has 1 atom stereocenters. The van der Waals surface area contributed by atoms with Gasteiger partial charge in [0.15, 0.2) is 0 Å². The molecule has 4 aromatic rings. The average molecular weight is 444 g/mol. The van der Waals surface area contributed by atoms with Crippen LogP contribution in [0.15, 0.2) is 70.1 Å². The Bertz CT molecular complexity index is 1430. The minimum absolute atomic E-state index is 0.0351. The van der Waals surface area contributed by atoms with Crippen LogP contribution in [0, 0.1) is 0 Å². The van der Waals surface area contributed by atoms with E-state index in [1.54, 1.807) is 38.5 Å². The lowest BCUT2D eigenvalue weighted by Gasteiger charge is -2.26. The number of phenols is 1. The van der Waals surface area contributed by atoms with E-state index in [4.69, 9.17) is 18.6 Å². The predicted octanol–water partition coefficient (Wildman–Crippen LogP) is 4.62. The highest BCUT2D eigenvalue weighted by Gasteiger charge is 2.33. The van der Waals surface area contributed by atoms with Crippen molar-refractivity contribution in [2.45, 2.75) is 12.3 Å². The van der Waals surface area contributed by atoms with Gasteiger partial charge >= 0.3 is 5.97 Å². The zero-order valence-corrected chi connectivity index (χ0v) is 18.0. The molecule has 0 saturated carbocycles. The molecule has 0 saturated heterocycles. The standard InChI is InChI=1S/C26H20O7/c1-30-16-8-6-14(7-9-16)19-13-32-26-23-18(15-4-3-5-17(10-15)31-2)11-22(28)33-21(23)12-20(27)24(26)25(19)29/h3-10,12-13,18,27H,11H2,1-2H3/t18-/m1/s1. The lowest BCUT2D eigenvalue weighted by molar-refractivity contribution is -0.135. The lowest BCUT2D eigenvalue weighted by Crippen LogP contribution is -2.22. The summed E-state index contributed by atoms with van der Waals surface area (Å²) in [5.74, 6) is 0.278. The number of aromatic hydroxyl groups is 1. The fourth-order valence-electron chi connectivity index (χ4n) is 4.24. The molecular formula is C26H20O7. The molecule has 166 valence electrons. The first-order chi connectivity index (χ1) is 16.0. The van der Waals surface area contributed by atoms with Crippen molar-refractivity contribution in [3.8, 4) is 34.1 Å². The maximum absolute atomic E-state index is 13.4. The van der Waals surface area contributed by atoms with E-state index in [-0.39, 0.29) is 34.3 Å². The molecule has 0 unspecified atom stereocenters. The number of phenolic OH excluding ortho intramolecular Hbond substituents is 1. The van der Waals surface area contributed by atoms with Gasteiger partial charge in [-0.2, -0.15) is 0 Å². The topological polar surface area (TPSA) is 95.2 Å². The van der Waals surface area contributed by atoms with Crippen molar-refractivity contribution in [3.05, 3.63) is 82.2 Å². The van der Waals surface area contributed by atoms with Gasteiger partial charge in [-0.1, -0.05) is 24.3 Å². The Labute approximate surface area is 188 Å². The van der Waals surface area contributed by atoms with E-state index in [0.717, 1.165) is 5.56 Å². The Morgan fingerprint density at radius 2 is 1.73 bits per heavy atom. The molecule has 0 bridgehead atoms. The Hall–Kier alpha value is -4.26. The molecular weight excluding hydrogens is 424 g/mol. The van der Waals surface area contributed by atoms with E-state index in [1.807, 2.05) is 24.3 Å². The van der Waals surface area contributed by atoms with Gasteiger partial charge in [-0.05, 0) is 35.4 Å². The molecule has 1 aliphatic rings. The Kier molecular flexibility index (Phi) is 5.01. The number of rotatable bonds is 4. The molecule has 0 fully saturated rings. The number of carbonyl (C=O) groups excluding carboxylic acids is 1. The number of fused-ring (bicyclic) bond motifs is 3. The summed E-state index contributed by atoms with van der Waals surface area (Å²) in [4.78, 5) is 25.8. The number of hydrogen-bond donors (Lipinski definition) is 1. The van der Waals surface area contributed by atoms with Crippen molar-refractivity contribution in [2.75, 3.05) is 14.2 Å². The maximum Gasteiger partial charge on any atom is 0.312 e. The second kappa shape index (κ2) is 8.02. The summed E-state index contributed by atoms with van der Waals surface area (Å²) >= 11 is 0. The molecule has 7 nitrogen and oxygen atoms in total. The van der Waals surface area contributed by atoms with Crippen LogP contribution in [0.3, 0.4) is 0 Å². The summed E-state index contributed by atoms with van der Waals surface area (Å²) in [6.07, 6.45) is 1.43. The van der Waals surface area contributed by atoms with E-state index in [2.05, 4.69) is 0 Å². The van der Waals surface area contributed by atoms with Crippen molar-refractivity contribution < 1.29 is 28.5 Å². The summed E-state index contributed by atoms with van der Waals surface area (Å²) in [6, 6.07) is 15.6. The Balaban J connectivity index is 1.74. The number of esters is 1. The van der Waals surface area contributed by atoms with E-state index in [0.29, 0.717) is 28.2 Å². The highest BCUT2D eigenvalue weighted by molar-refractivity contribution is 5.94. The van der Waals surface area contributed by atoms with Gasteiger partial charge in [-0.3, -0.25) is 9.59 Å². The van der Waals surface area contributed by atoms with E-state index < -0.39 is 11.9 Å². The van der Waals surface area contributed by atoms with Crippen LogP contribution in [-0.4, -0.2) is 25.3 Å². The highest BCUT2D eigenvalue weighted by Crippen LogP contribution is 2.46. The van der Waals surface area contributed by atoms with Crippen molar-refractivity contribution in [3.63, 3.8) is 0 Å². The van der Waals surface area contributed by atoms with Crippen LogP contribution in [-0.2, 0) is 4.79 Å².